The van der Waals surface area contributed by atoms with E-state index in [1.165, 1.54) is 7.11 Å². The van der Waals surface area contributed by atoms with Crippen molar-refractivity contribution in [2.45, 2.75) is 26.8 Å². The molecular weight excluding hydrogens is 275 g/mol. The van der Waals surface area contributed by atoms with Gasteiger partial charge in [0.1, 0.15) is 6.29 Å². The van der Waals surface area contributed by atoms with E-state index >= 15 is 0 Å². The first-order chi connectivity index (χ1) is 10.1. The standard InChI is InChI=1S/C12H13FN2O2.C2H6.CH4O/c1-6-11(13)10(17-2)3-7-8(9(14)5-16)4-15-12(6)7;2*1-2/h3-5,9,15H,14H2,1-2H3;1-2H3;2H,1H3. The number of carbonyl (C=O) groups is 1. The number of ether oxygens (including phenoxy) is 1. The van der Waals surface area contributed by atoms with Gasteiger partial charge in [0.05, 0.1) is 18.7 Å². The van der Waals surface area contributed by atoms with Gasteiger partial charge in [-0.05, 0) is 13.0 Å². The summed E-state index contributed by atoms with van der Waals surface area (Å²) < 4.78 is 18.7. The van der Waals surface area contributed by atoms with Crippen molar-refractivity contribution in [3.05, 3.63) is 29.2 Å². The lowest BCUT2D eigenvalue weighted by Gasteiger charge is -2.07. The molecule has 1 unspecified atom stereocenters. The van der Waals surface area contributed by atoms with Gasteiger partial charge in [0.15, 0.2) is 11.6 Å². The molecule has 1 atom stereocenters. The van der Waals surface area contributed by atoms with Crippen molar-refractivity contribution in [3.8, 4) is 5.75 Å². The molecule has 0 aliphatic heterocycles. The van der Waals surface area contributed by atoms with E-state index in [1.807, 2.05) is 13.8 Å². The van der Waals surface area contributed by atoms with Gasteiger partial charge in [-0.15, -0.1) is 0 Å². The molecule has 0 saturated carbocycles. The molecule has 0 amide bonds. The lowest BCUT2D eigenvalue weighted by Crippen LogP contribution is -2.10. The molecule has 0 spiro atoms. The summed E-state index contributed by atoms with van der Waals surface area (Å²) in [6.07, 6.45) is 2.27. The van der Waals surface area contributed by atoms with Crippen LogP contribution in [0.3, 0.4) is 0 Å². The average molecular weight is 298 g/mol. The van der Waals surface area contributed by atoms with Crippen LogP contribution in [0.15, 0.2) is 12.3 Å². The molecule has 1 aromatic carbocycles. The molecule has 2 aromatic rings. The van der Waals surface area contributed by atoms with E-state index in [0.717, 1.165) is 7.11 Å². The van der Waals surface area contributed by atoms with Gasteiger partial charge in [-0.3, -0.25) is 0 Å². The third-order valence-corrected chi connectivity index (χ3v) is 2.87. The van der Waals surface area contributed by atoms with Crippen LogP contribution in [0.2, 0.25) is 0 Å². The smallest absolute Gasteiger partial charge is 0.170 e. The highest BCUT2D eigenvalue weighted by Crippen LogP contribution is 2.32. The number of rotatable bonds is 3. The first-order valence-corrected chi connectivity index (χ1v) is 6.59. The highest BCUT2D eigenvalue weighted by Gasteiger charge is 2.17. The molecule has 118 valence electrons. The summed E-state index contributed by atoms with van der Waals surface area (Å²) in [6, 6.07) is 0.825. The molecule has 0 aliphatic rings. The Bertz CT molecular complexity index is 582. The number of aromatic amines is 1. The lowest BCUT2D eigenvalue weighted by atomic mass is 10.0. The number of aliphatic hydroxyl groups excluding tert-OH is 1. The molecule has 6 heteroatoms. The molecule has 0 aliphatic carbocycles. The minimum atomic E-state index is -0.724. The van der Waals surface area contributed by atoms with Gasteiger partial charge < -0.3 is 25.4 Å². The van der Waals surface area contributed by atoms with Gasteiger partial charge in [-0.1, -0.05) is 13.8 Å². The van der Waals surface area contributed by atoms with Gasteiger partial charge in [0, 0.05) is 29.8 Å². The van der Waals surface area contributed by atoms with Crippen LogP contribution >= 0.6 is 0 Å². The van der Waals surface area contributed by atoms with Crippen molar-refractivity contribution in [3.63, 3.8) is 0 Å². The lowest BCUT2D eigenvalue weighted by molar-refractivity contribution is -0.108. The normalized spacial score (nSPS) is 10.9. The molecular formula is C15H23FN2O3. The van der Waals surface area contributed by atoms with Gasteiger partial charge in [0.2, 0.25) is 0 Å². The summed E-state index contributed by atoms with van der Waals surface area (Å²) in [5.41, 5.74) is 7.38. The van der Waals surface area contributed by atoms with Crippen molar-refractivity contribution < 1.29 is 19.0 Å². The van der Waals surface area contributed by atoms with Crippen LogP contribution in [0.4, 0.5) is 4.39 Å². The number of methoxy groups -OCH3 is 1. The van der Waals surface area contributed by atoms with Crippen molar-refractivity contribution in [2.75, 3.05) is 14.2 Å². The Morgan fingerprint density at radius 3 is 2.48 bits per heavy atom. The molecule has 0 radical (unpaired) electrons. The fourth-order valence-electron chi connectivity index (χ4n) is 1.90. The number of nitrogens with one attached hydrogen (secondary N) is 1. The van der Waals surface area contributed by atoms with E-state index in [-0.39, 0.29) is 5.75 Å². The SMILES string of the molecule is CC.CO.COc1cc2c(C(N)C=O)c[nH]c2c(C)c1F. The van der Waals surface area contributed by atoms with Crippen LogP contribution in [0, 0.1) is 12.7 Å². The first kappa shape index (κ1) is 19.1. The highest BCUT2D eigenvalue weighted by molar-refractivity contribution is 5.90. The molecule has 4 N–H and O–H groups in total. The number of aldehydes is 1. The predicted molar refractivity (Wildman–Crippen MR) is 82.0 cm³/mol. The Morgan fingerprint density at radius 1 is 1.43 bits per heavy atom. The Labute approximate surface area is 123 Å². The summed E-state index contributed by atoms with van der Waals surface area (Å²) in [4.78, 5) is 13.6. The second kappa shape index (κ2) is 9.10. The van der Waals surface area contributed by atoms with Crippen LogP contribution in [-0.4, -0.2) is 30.6 Å². The van der Waals surface area contributed by atoms with Crippen LogP contribution in [0.1, 0.15) is 31.0 Å². The topological polar surface area (TPSA) is 88.3 Å². The molecule has 21 heavy (non-hydrogen) atoms. The molecule has 0 bridgehead atoms. The predicted octanol–water partition coefficient (Wildman–Crippen LogP) is 2.46. The number of nitrogens with two attached hydrogens (primary N) is 1. The summed E-state index contributed by atoms with van der Waals surface area (Å²) in [5.74, 6) is -0.262. The second-order valence-electron chi connectivity index (χ2n) is 3.85. The zero-order chi connectivity index (χ0) is 16.6. The van der Waals surface area contributed by atoms with E-state index in [2.05, 4.69) is 4.98 Å². The maximum absolute atomic E-state index is 13.8. The molecule has 0 fully saturated rings. The van der Waals surface area contributed by atoms with Crippen molar-refractivity contribution in [1.29, 1.82) is 0 Å². The zero-order valence-corrected chi connectivity index (χ0v) is 13.0. The molecule has 1 aromatic heterocycles. The number of aryl methyl sites for hydroxylation is 1. The Hall–Kier alpha value is -1.92. The number of carbonyl (C=O) groups excluding carboxylic acids is 1. The van der Waals surface area contributed by atoms with Gasteiger partial charge in [0.25, 0.3) is 0 Å². The minimum Gasteiger partial charge on any atom is -0.494 e. The maximum Gasteiger partial charge on any atom is 0.170 e. The first-order valence-electron chi connectivity index (χ1n) is 6.59. The Balaban J connectivity index is 0.000000921. The molecule has 2 rings (SSSR count). The number of hydrogen-bond donors (Lipinski definition) is 3. The number of aromatic nitrogens is 1. The summed E-state index contributed by atoms with van der Waals surface area (Å²) in [6.45, 7) is 5.65. The third kappa shape index (κ3) is 3.80. The van der Waals surface area contributed by atoms with Crippen LogP contribution in [0.25, 0.3) is 10.9 Å². The fourth-order valence-corrected chi connectivity index (χ4v) is 1.90. The maximum atomic E-state index is 13.8. The fraction of sp³-hybridized carbons (Fsp3) is 0.400. The van der Waals surface area contributed by atoms with Crippen molar-refractivity contribution in [1.82, 2.24) is 4.98 Å². The summed E-state index contributed by atoms with van der Waals surface area (Å²) in [5, 5.41) is 7.71. The van der Waals surface area contributed by atoms with E-state index in [1.54, 1.807) is 19.2 Å². The van der Waals surface area contributed by atoms with Crippen molar-refractivity contribution >= 4 is 17.2 Å². The van der Waals surface area contributed by atoms with Crippen LogP contribution < -0.4 is 10.5 Å². The van der Waals surface area contributed by atoms with E-state index in [4.69, 9.17) is 15.6 Å². The average Bonchev–Trinajstić information content (AvgIpc) is 2.97. The number of H-pyrrole nitrogens is 1. The Morgan fingerprint density at radius 2 is 2.00 bits per heavy atom. The Kier molecular flexibility index (Phi) is 8.26. The van der Waals surface area contributed by atoms with E-state index < -0.39 is 11.9 Å². The minimum absolute atomic E-state index is 0.147. The van der Waals surface area contributed by atoms with Crippen molar-refractivity contribution in [2.24, 2.45) is 5.73 Å². The van der Waals surface area contributed by atoms with Gasteiger partial charge in [-0.2, -0.15) is 0 Å². The summed E-state index contributed by atoms with van der Waals surface area (Å²) in [7, 11) is 2.40. The largest absolute Gasteiger partial charge is 0.494 e. The quantitative estimate of drug-likeness (QED) is 0.759. The number of halogens is 1. The summed E-state index contributed by atoms with van der Waals surface area (Å²) >= 11 is 0. The number of fused-ring (bicyclic) bond motifs is 1. The monoisotopic (exact) mass is 298 g/mol. The molecule has 0 saturated heterocycles. The third-order valence-electron chi connectivity index (χ3n) is 2.87. The van der Waals surface area contributed by atoms with Crippen LogP contribution in [-0.2, 0) is 4.79 Å². The van der Waals surface area contributed by atoms with E-state index in [9.17, 15) is 9.18 Å². The number of aliphatic hydroxyl groups is 1. The van der Waals surface area contributed by atoms with Crippen LogP contribution in [0.5, 0.6) is 5.75 Å². The second-order valence-corrected chi connectivity index (χ2v) is 3.85. The highest BCUT2D eigenvalue weighted by atomic mass is 19.1. The zero-order valence-electron chi connectivity index (χ0n) is 13.0. The molecule has 1 heterocycles. The number of hydrogen-bond acceptors (Lipinski definition) is 4. The molecule has 5 nitrogen and oxygen atoms in total. The van der Waals surface area contributed by atoms with Gasteiger partial charge in [-0.25, -0.2) is 4.39 Å². The number of benzene rings is 1. The van der Waals surface area contributed by atoms with Gasteiger partial charge >= 0.3 is 0 Å². The van der Waals surface area contributed by atoms with E-state index in [0.29, 0.717) is 28.3 Å².